The molecule has 31 heavy (non-hydrogen) atoms. The van der Waals surface area contributed by atoms with Crippen LogP contribution < -0.4 is 4.90 Å². The van der Waals surface area contributed by atoms with Crippen molar-refractivity contribution >= 4 is 17.6 Å². The third-order valence-electron chi connectivity index (χ3n) is 6.06. The van der Waals surface area contributed by atoms with E-state index in [9.17, 15) is 14.0 Å². The van der Waals surface area contributed by atoms with E-state index in [1.54, 1.807) is 24.1 Å². The third-order valence-corrected chi connectivity index (χ3v) is 6.06. The normalized spacial score (nSPS) is 18.0. The van der Waals surface area contributed by atoms with Gasteiger partial charge < -0.3 is 9.64 Å². The number of methoxy groups -OCH3 is 1. The molecule has 0 spiro atoms. The fraction of sp³-hybridized carbons (Fsp3) is 0.478. The maximum atomic E-state index is 13.2. The van der Waals surface area contributed by atoms with Gasteiger partial charge in [0.25, 0.3) is 0 Å². The number of hydrogen-bond acceptors (Lipinski definition) is 5. The van der Waals surface area contributed by atoms with E-state index in [0.29, 0.717) is 57.1 Å². The average Bonchev–Trinajstić information content (AvgIpc) is 3.37. The van der Waals surface area contributed by atoms with Gasteiger partial charge in [0, 0.05) is 43.9 Å². The number of fused-ring (bicyclic) bond motifs is 1. The van der Waals surface area contributed by atoms with Crippen LogP contribution in [0.5, 0.6) is 0 Å². The molecule has 2 amide bonds. The predicted molar refractivity (Wildman–Crippen MR) is 113 cm³/mol. The van der Waals surface area contributed by atoms with Crippen LogP contribution in [0, 0.1) is 12.7 Å². The second kappa shape index (κ2) is 9.09. The molecule has 0 bridgehead atoms. The zero-order chi connectivity index (χ0) is 22.0. The summed E-state index contributed by atoms with van der Waals surface area (Å²) in [5.74, 6) is 1.25. The summed E-state index contributed by atoms with van der Waals surface area (Å²) in [4.78, 5) is 38.0. The zero-order valence-electron chi connectivity index (χ0n) is 17.9. The minimum absolute atomic E-state index is 0.00875. The van der Waals surface area contributed by atoms with Crippen molar-refractivity contribution in [3.8, 4) is 0 Å². The van der Waals surface area contributed by atoms with Crippen LogP contribution in [0.3, 0.4) is 0 Å². The summed E-state index contributed by atoms with van der Waals surface area (Å²) in [5, 5.41) is 0. The summed E-state index contributed by atoms with van der Waals surface area (Å²) in [6.45, 7) is 4.08. The van der Waals surface area contributed by atoms with Gasteiger partial charge in [-0.25, -0.2) is 14.4 Å². The van der Waals surface area contributed by atoms with Crippen molar-refractivity contribution in [3.63, 3.8) is 0 Å². The molecule has 1 saturated heterocycles. The number of rotatable bonds is 7. The van der Waals surface area contributed by atoms with E-state index in [-0.39, 0.29) is 23.5 Å². The van der Waals surface area contributed by atoms with Gasteiger partial charge in [-0.2, -0.15) is 0 Å². The number of hydrogen-bond donors (Lipinski definition) is 0. The van der Waals surface area contributed by atoms with Gasteiger partial charge >= 0.3 is 0 Å². The smallest absolute Gasteiger partial charge is 0.232 e. The number of benzene rings is 1. The molecule has 2 aromatic rings. The highest BCUT2D eigenvalue weighted by atomic mass is 19.1. The Bertz CT molecular complexity index is 980. The number of halogens is 1. The van der Waals surface area contributed by atoms with E-state index >= 15 is 0 Å². The van der Waals surface area contributed by atoms with Gasteiger partial charge in [0.15, 0.2) is 0 Å². The van der Waals surface area contributed by atoms with Crippen molar-refractivity contribution in [3.05, 3.63) is 52.7 Å². The highest BCUT2D eigenvalue weighted by Gasteiger charge is 2.34. The fourth-order valence-corrected chi connectivity index (χ4v) is 4.25. The lowest BCUT2D eigenvalue weighted by atomic mass is 10.1. The van der Waals surface area contributed by atoms with Crippen molar-refractivity contribution in [2.24, 2.45) is 0 Å². The van der Waals surface area contributed by atoms with Crippen LogP contribution >= 0.6 is 0 Å². The lowest BCUT2D eigenvalue weighted by Crippen LogP contribution is -2.30. The summed E-state index contributed by atoms with van der Waals surface area (Å²) in [6.07, 6.45) is 2.10. The Morgan fingerprint density at radius 3 is 2.77 bits per heavy atom. The molecule has 1 aromatic carbocycles. The van der Waals surface area contributed by atoms with Gasteiger partial charge in [0.2, 0.25) is 11.8 Å². The molecule has 164 valence electrons. The zero-order valence-corrected chi connectivity index (χ0v) is 17.9. The van der Waals surface area contributed by atoms with E-state index in [0.717, 1.165) is 23.2 Å². The Morgan fingerprint density at radius 2 is 2.03 bits per heavy atom. The van der Waals surface area contributed by atoms with Crippen LogP contribution in [-0.4, -0.2) is 60.0 Å². The molecule has 1 fully saturated rings. The maximum absolute atomic E-state index is 13.2. The van der Waals surface area contributed by atoms with E-state index in [1.165, 1.54) is 12.1 Å². The van der Waals surface area contributed by atoms with Crippen molar-refractivity contribution < 1.29 is 18.7 Å². The summed E-state index contributed by atoms with van der Waals surface area (Å²) in [6, 6.07) is 6.33. The highest BCUT2D eigenvalue weighted by molar-refractivity contribution is 6.00. The van der Waals surface area contributed by atoms with Crippen LogP contribution in [0.2, 0.25) is 0 Å². The first-order valence-electron chi connectivity index (χ1n) is 10.6. The predicted octanol–water partition coefficient (Wildman–Crippen LogP) is 2.41. The largest absolute Gasteiger partial charge is 0.384 e. The number of ether oxygens (including phenoxy) is 1. The minimum Gasteiger partial charge on any atom is -0.384 e. The Morgan fingerprint density at radius 1 is 1.26 bits per heavy atom. The molecule has 7 nitrogen and oxygen atoms in total. The fourth-order valence-electron chi connectivity index (χ4n) is 4.25. The second-order valence-electron chi connectivity index (χ2n) is 8.14. The minimum atomic E-state index is -0.273. The van der Waals surface area contributed by atoms with Crippen LogP contribution in [0.1, 0.15) is 41.4 Å². The van der Waals surface area contributed by atoms with Crippen molar-refractivity contribution in [2.75, 3.05) is 38.3 Å². The summed E-state index contributed by atoms with van der Waals surface area (Å²) < 4.78 is 18.2. The van der Waals surface area contributed by atoms with Crippen LogP contribution in [0.4, 0.5) is 10.2 Å². The Balaban J connectivity index is 1.49. The maximum Gasteiger partial charge on any atom is 0.232 e. The number of amides is 2. The van der Waals surface area contributed by atoms with Gasteiger partial charge in [-0.1, -0.05) is 12.1 Å². The SMILES string of the molecule is COCCC(=O)N1CC[C@H](c2nc(C)c3c(n2)N(CCc2ccc(F)cc2)C(=O)C3)C1. The Labute approximate surface area is 181 Å². The molecule has 1 atom stereocenters. The van der Waals surface area contributed by atoms with Gasteiger partial charge in [0.05, 0.1) is 19.4 Å². The number of carbonyl (C=O) groups is 2. The molecule has 8 heteroatoms. The Kier molecular flexibility index (Phi) is 6.27. The molecule has 2 aliphatic rings. The van der Waals surface area contributed by atoms with Crippen LogP contribution in [0.15, 0.2) is 24.3 Å². The number of carbonyl (C=O) groups excluding carboxylic acids is 2. The van der Waals surface area contributed by atoms with Crippen LogP contribution in [0.25, 0.3) is 0 Å². The van der Waals surface area contributed by atoms with Crippen molar-refractivity contribution in [2.45, 2.75) is 38.5 Å². The molecule has 0 radical (unpaired) electrons. The van der Waals surface area contributed by atoms with E-state index in [4.69, 9.17) is 9.72 Å². The number of aryl methyl sites for hydroxylation is 1. The van der Waals surface area contributed by atoms with E-state index in [2.05, 4.69) is 4.98 Å². The number of aromatic nitrogens is 2. The molecule has 0 aliphatic carbocycles. The summed E-state index contributed by atoms with van der Waals surface area (Å²) in [7, 11) is 1.59. The molecule has 0 unspecified atom stereocenters. The third kappa shape index (κ3) is 4.58. The monoisotopic (exact) mass is 426 g/mol. The topological polar surface area (TPSA) is 75.6 Å². The van der Waals surface area contributed by atoms with E-state index in [1.807, 2.05) is 11.8 Å². The first-order chi connectivity index (χ1) is 15.0. The van der Waals surface area contributed by atoms with Gasteiger partial charge in [0.1, 0.15) is 17.5 Å². The quantitative estimate of drug-likeness (QED) is 0.680. The summed E-state index contributed by atoms with van der Waals surface area (Å²) in [5.41, 5.74) is 2.66. The van der Waals surface area contributed by atoms with Crippen molar-refractivity contribution in [1.82, 2.24) is 14.9 Å². The lowest BCUT2D eigenvalue weighted by Gasteiger charge is -2.19. The van der Waals surface area contributed by atoms with Crippen molar-refractivity contribution in [1.29, 1.82) is 0 Å². The standard InChI is InChI=1S/C23H27FN4O3/c1-15-19-13-21(30)28(11-7-16-3-5-18(24)6-4-16)23(19)26-22(25-15)17-8-10-27(14-17)20(29)9-12-31-2/h3-6,17H,7-14H2,1-2H3/t17-/m0/s1. The van der Waals surface area contributed by atoms with Gasteiger partial charge in [-0.15, -0.1) is 0 Å². The lowest BCUT2D eigenvalue weighted by molar-refractivity contribution is -0.131. The van der Waals surface area contributed by atoms with E-state index < -0.39 is 0 Å². The van der Waals surface area contributed by atoms with Gasteiger partial charge in [-0.05, 0) is 37.5 Å². The highest BCUT2D eigenvalue weighted by Crippen LogP contribution is 2.33. The molecule has 2 aliphatic heterocycles. The van der Waals surface area contributed by atoms with Gasteiger partial charge in [-0.3, -0.25) is 14.5 Å². The number of likely N-dealkylation sites (tertiary alicyclic amines) is 1. The first kappa shape index (κ1) is 21.4. The molecule has 0 N–H and O–H groups in total. The molecular weight excluding hydrogens is 399 g/mol. The first-order valence-corrected chi connectivity index (χ1v) is 10.6. The Hall–Kier alpha value is -2.87. The molecule has 4 rings (SSSR count). The number of nitrogens with zero attached hydrogens (tertiary/aromatic N) is 4. The van der Waals surface area contributed by atoms with Crippen LogP contribution in [-0.2, 0) is 27.2 Å². The second-order valence-corrected chi connectivity index (χ2v) is 8.14. The molecule has 1 aromatic heterocycles. The molecular formula is C23H27FN4O3. The number of anilines is 1. The molecule has 3 heterocycles. The average molecular weight is 426 g/mol. The summed E-state index contributed by atoms with van der Waals surface area (Å²) >= 11 is 0. The molecule has 0 saturated carbocycles.